The number of carbonyl (C=O) groups is 6. The summed E-state index contributed by atoms with van der Waals surface area (Å²) in [4.78, 5) is 85.3. The van der Waals surface area contributed by atoms with Gasteiger partial charge in [-0.1, -0.05) is 27.7 Å². The van der Waals surface area contributed by atoms with E-state index in [-0.39, 0.29) is 34.9 Å². The van der Waals surface area contributed by atoms with Crippen LogP contribution in [0, 0.1) is 23.3 Å². The summed E-state index contributed by atoms with van der Waals surface area (Å²) in [6, 6.07) is 18.7. The summed E-state index contributed by atoms with van der Waals surface area (Å²) >= 11 is 5.06. The molecule has 0 atom stereocenters. The van der Waals surface area contributed by atoms with E-state index >= 15 is 0 Å². The molecule has 0 fully saturated rings. The monoisotopic (exact) mass is 1040 g/mol. The SMILES string of the molecule is CCCN(CC)C(=O)C(=O)c1c[nH]c2ccc(F)cc12.CCCN(CC)C(=O)C(=O)c1c[nH]c2ccc(F)cc12.CCCNCC.Cl.Fc1ccc2[nH]ccc2c1.O=C(Cl)C(=O)c1c[nH]c2ccc(F)cc12. The van der Waals surface area contributed by atoms with Crippen LogP contribution in [0.4, 0.5) is 17.6 Å². The molecule has 13 nitrogen and oxygen atoms in total. The van der Waals surface area contributed by atoms with Crippen LogP contribution in [-0.2, 0) is 14.4 Å². The number of benzene rings is 4. The largest absolute Gasteiger partial charge is 0.361 e. The minimum atomic E-state index is -1.08. The number of rotatable bonds is 15. The molecular weight excluding hydrogens is 978 g/mol. The molecule has 0 aliphatic heterocycles. The van der Waals surface area contributed by atoms with Gasteiger partial charge < -0.3 is 35.1 Å². The maximum Gasteiger partial charge on any atom is 0.295 e. The number of hydrogen-bond acceptors (Lipinski definition) is 7. The zero-order chi connectivity index (χ0) is 52.2. The fraction of sp³-hybridized carbons (Fsp3) is 0.283. The van der Waals surface area contributed by atoms with Crippen molar-refractivity contribution in [3.8, 4) is 0 Å². The second kappa shape index (κ2) is 29.3. The Hall–Kier alpha value is -7.08. The van der Waals surface area contributed by atoms with Gasteiger partial charge in [0.25, 0.3) is 28.6 Å². The highest BCUT2D eigenvalue weighted by atomic mass is 35.5. The van der Waals surface area contributed by atoms with Crippen LogP contribution in [0.25, 0.3) is 43.6 Å². The topological polar surface area (TPSA) is 184 Å². The molecule has 0 aliphatic rings. The second-order valence-electron chi connectivity index (χ2n) is 15.8. The molecule has 0 unspecified atom stereocenters. The summed E-state index contributed by atoms with van der Waals surface area (Å²) in [5.41, 5.74) is 3.36. The van der Waals surface area contributed by atoms with Gasteiger partial charge in [0, 0.05) is 94.6 Å². The highest BCUT2D eigenvalue weighted by molar-refractivity contribution is 6.83. The normalized spacial score (nSPS) is 10.4. The number of aromatic amines is 4. The Morgan fingerprint density at radius 2 is 0.875 bits per heavy atom. The first kappa shape index (κ1) is 59.2. The smallest absolute Gasteiger partial charge is 0.295 e. The van der Waals surface area contributed by atoms with E-state index in [4.69, 9.17) is 11.6 Å². The summed E-state index contributed by atoms with van der Waals surface area (Å²) in [5.74, 6) is -4.65. The summed E-state index contributed by atoms with van der Waals surface area (Å²) < 4.78 is 52.0. The van der Waals surface area contributed by atoms with Crippen LogP contribution >= 0.6 is 24.0 Å². The van der Waals surface area contributed by atoms with Crippen molar-refractivity contribution in [2.45, 2.75) is 60.8 Å². The molecule has 0 aliphatic carbocycles. The lowest BCUT2D eigenvalue weighted by atomic mass is 10.1. The first-order chi connectivity index (χ1) is 34.0. The predicted octanol–water partition coefficient (Wildman–Crippen LogP) is 11.5. The number of likely N-dealkylation sites (N-methyl/N-ethyl adjacent to an activating group) is 2. The average Bonchev–Trinajstić information content (AvgIpc) is 4.20. The van der Waals surface area contributed by atoms with Gasteiger partial charge in [-0.25, -0.2) is 17.6 Å². The Morgan fingerprint density at radius 3 is 1.21 bits per heavy atom. The van der Waals surface area contributed by atoms with Gasteiger partial charge in [0.15, 0.2) is 0 Å². The molecule has 2 amide bonds. The van der Waals surface area contributed by atoms with E-state index in [0.717, 1.165) is 36.8 Å². The summed E-state index contributed by atoms with van der Waals surface area (Å²) in [7, 11) is 0. The van der Waals surface area contributed by atoms with Crippen molar-refractivity contribution in [3.63, 3.8) is 0 Å². The number of nitrogens with zero attached hydrogens (tertiary/aromatic N) is 2. The highest BCUT2D eigenvalue weighted by Crippen LogP contribution is 2.23. The van der Waals surface area contributed by atoms with Crippen LogP contribution in [0.15, 0.2) is 104 Å². The van der Waals surface area contributed by atoms with Gasteiger partial charge in [-0.2, -0.15) is 0 Å². The van der Waals surface area contributed by atoms with E-state index in [1.165, 1.54) is 89.4 Å². The highest BCUT2D eigenvalue weighted by Gasteiger charge is 2.26. The lowest BCUT2D eigenvalue weighted by Gasteiger charge is -2.18. The quantitative estimate of drug-likeness (QED) is 0.0222. The number of ketones is 3. The van der Waals surface area contributed by atoms with Crippen molar-refractivity contribution in [2.24, 2.45) is 0 Å². The van der Waals surface area contributed by atoms with Crippen LogP contribution < -0.4 is 5.32 Å². The van der Waals surface area contributed by atoms with Crippen LogP contribution in [0.3, 0.4) is 0 Å². The minimum Gasteiger partial charge on any atom is -0.361 e. The van der Waals surface area contributed by atoms with Crippen molar-refractivity contribution in [1.82, 2.24) is 35.1 Å². The van der Waals surface area contributed by atoms with Crippen LogP contribution in [0.5, 0.6) is 0 Å². The van der Waals surface area contributed by atoms with Crippen molar-refractivity contribution in [1.29, 1.82) is 0 Å². The zero-order valence-electron chi connectivity index (χ0n) is 40.8. The maximum absolute atomic E-state index is 13.3. The zero-order valence-corrected chi connectivity index (χ0v) is 42.4. The maximum atomic E-state index is 13.3. The summed E-state index contributed by atoms with van der Waals surface area (Å²) in [6.45, 7) is 16.1. The third-order valence-corrected chi connectivity index (χ3v) is 10.9. The van der Waals surface area contributed by atoms with E-state index in [0.29, 0.717) is 58.9 Å². The Bertz CT molecular complexity index is 2970. The lowest BCUT2D eigenvalue weighted by Crippen LogP contribution is -2.36. The third kappa shape index (κ3) is 16.0. The number of nitrogens with one attached hydrogen (secondary N) is 5. The molecule has 5 N–H and O–H groups in total. The molecule has 4 heterocycles. The number of fused-ring (bicyclic) bond motifs is 4. The van der Waals surface area contributed by atoms with Gasteiger partial charge in [-0.3, -0.25) is 28.8 Å². The molecule has 8 aromatic rings. The van der Waals surface area contributed by atoms with E-state index in [9.17, 15) is 46.3 Å². The number of amides is 2. The van der Waals surface area contributed by atoms with Crippen molar-refractivity contribution in [3.05, 3.63) is 144 Å². The minimum absolute atomic E-state index is 0. The number of aromatic nitrogens is 4. The third-order valence-electron chi connectivity index (χ3n) is 10.7. The van der Waals surface area contributed by atoms with Gasteiger partial charge >= 0.3 is 0 Å². The number of Topliss-reactive ketones (excluding diaryl/α,β-unsaturated/α-hetero) is 3. The molecule has 0 radical (unpaired) electrons. The Labute approximate surface area is 425 Å². The van der Waals surface area contributed by atoms with Crippen molar-refractivity contribution < 1.29 is 46.3 Å². The van der Waals surface area contributed by atoms with Crippen molar-refractivity contribution >= 4 is 102 Å². The molecule has 384 valence electrons. The van der Waals surface area contributed by atoms with E-state index in [1.54, 1.807) is 24.4 Å². The number of H-pyrrole nitrogens is 4. The predicted molar refractivity (Wildman–Crippen MR) is 278 cm³/mol. The molecular formula is C53H59Cl2F4N7O6. The molecule has 19 heteroatoms. The van der Waals surface area contributed by atoms with Crippen LogP contribution in [0.1, 0.15) is 91.9 Å². The molecule has 72 heavy (non-hydrogen) atoms. The molecule has 0 spiro atoms. The van der Waals surface area contributed by atoms with Crippen molar-refractivity contribution in [2.75, 3.05) is 39.3 Å². The summed E-state index contributed by atoms with van der Waals surface area (Å²) in [5, 5.41) is 4.27. The molecule has 0 saturated heterocycles. The molecule has 0 bridgehead atoms. The first-order valence-corrected chi connectivity index (χ1v) is 23.6. The van der Waals surface area contributed by atoms with Gasteiger partial charge in [0.05, 0.1) is 16.7 Å². The standard InChI is InChI=1S/2C15H17FN2O2.C10H5ClFNO2.C8H6FN.C5H13N.ClH/c2*1-3-7-18(4-2)15(20)14(19)12-9-17-13-6-5-10(16)8-11(12)13;11-10(15)9(14)7-4-13-8-2-1-5(12)3-6(7)8;9-7-1-2-8-6(5-7)3-4-10-8;1-3-5-6-4-2;/h2*5-6,8-9,17H,3-4,7H2,1-2H3;1-4,13H;1-5,10H;6H,3-5H2,1-2H3;1H. The van der Waals surface area contributed by atoms with Gasteiger partial charge in [-0.15, -0.1) is 12.4 Å². The average molecular weight is 1040 g/mol. The van der Waals surface area contributed by atoms with E-state index in [2.05, 4.69) is 39.1 Å². The number of halogens is 6. The first-order valence-electron chi connectivity index (χ1n) is 23.2. The number of carbonyl (C=O) groups excluding carboxylic acids is 6. The molecule has 8 rings (SSSR count). The Kier molecular flexibility index (Phi) is 24.1. The fourth-order valence-corrected chi connectivity index (χ4v) is 7.29. The van der Waals surface area contributed by atoms with Gasteiger partial charge in [-0.05, 0) is 137 Å². The van der Waals surface area contributed by atoms with Gasteiger partial charge in [0.2, 0.25) is 5.78 Å². The molecule has 0 saturated carbocycles. The van der Waals surface area contributed by atoms with E-state index < -0.39 is 51.9 Å². The lowest BCUT2D eigenvalue weighted by molar-refractivity contribution is -0.126. The fourth-order valence-electron chi connectivity index (χ4n) is 7.19. The Morgan fingerprint density at radius 1 is 0.500 bits per heavy atom. The Balaban J connectivity index is 0.000000248. The van der Waals surface area contributed by atoms with E-state index in [1.807, 2.05) is 33.8 Å². The van der Waals surface area contributed by atoms with Gasteiger partial charge in [0.1, 0.15) is 23.3 Å². The molecule has 4 aromatic carbocycles. The van der Waals surface area contributed by atoms with Crippen LogP contribution in [-0.4, -0.2) is 103 Å². The number of hydrogen-bond donors (Lipinski definition) is 5. The van der Waals surface area contributed by atoms with Crippen LogP contribution in [0.2, 0.25) is 0 Å². The summed E-state index contributed by atoms with van der Waals surface area (Å²) in [6.07, 6.45) is 8.88. The second-order valence-corrected chi connectivity index (χ2v) is 16.1. The molecule has 4 aromatic heterocycles.